The molecule has 152 valence electrons. The Hall–Kier alpha value is -2.19. The Bertz CT molecular complexity index is 683. The van der Waals surface area contributed by atoms with Crippen molar-refractivity contribution in [2.45, 2.75) is 58.7 Å². The molecule has 1 rings (SSSR count). The molecule has 1 aromatic carbocycles. The van der Waals surface area contributed by atoms with Gasteiger partial charge in [-0.15, -0.1) is 0 Å². The van der Waals surface area contributed by atoms with Crippen LogP contribution < -0.4 is 4.74 Å². The summed E-state index contributed by atoms with van der Waals surface area (Å²) in [6.45, 7) is 5.95. The Morgan fingerprint density at radius 2 is 1.63 bits per heavy atom. The molecule has 0 fully saturated rings. The van der Waals surface area contributed by atoms with Crippen LogP contribution in [0.5, 0.6) is 5.75 Å². The molecular formula is C18H21F5O4. The fraction of sp³-hybridized carbons (Fsp3) is 0.556. The first-order valence-electron chi connectivity index (χ1n) is 8.24. The lowest BCUT2D eigenvalue weighted by atomic mass is 9.90. The number of rotatable bonds is 7. The van der Waals surface area contributed by atoms with Crippen LogP contribution in [0.15, 0.2) is 24.3 Å². The zero-order valence-corrected chi connectivity index (χ0v) is 15.3. The van der Waals surface area contributed by atoms with Crippen molar-refractivity contribution in [3.8, 4) is 5.75 Å². The summed E-state index contributed by atoms with van der Waals surface area (Å²) in [5, 5.41) is 0. The monoisotopic (exact) mass is 396 g/mol. The Kier molecular flexibility index (Phi) is 6.96. The summed E-state index contributed by atoms with van der Waals surface area (Å²) in [4.78, 5) is 23.9. The van der Waals surface area contributed by atoms with E-state index in [2.05, 4.69) is 4.74 Å². The SMILES string of the molecule is CCC(OC(=O)C(C)(C)CC)C(F)(F)C(=O)Oc1cccc(C(F)(F)F)c1. The molecule has 1 aromatic rings. The Morgan fingerprint density at radius 3 is 2.11 bits per heavy atom. The van der Waals surface area contributed by atoms with Crippen LogP contribution in [0.3, 0.4) is 0 Å². The number of benzene rings is 1. The average molecular weight is 396 g/mol. The minimum Gasteiger partial charge on any atom is -0.455 e. The fourth-order valence-electron chi connectivity index (χ4n) is 1.89. The van der Waals surface area contributed by atoms with Crippen molar-refractivity contribution in [1.82, 2.24) is 0 Å². The summed E-state index contributed by atoms with van der Waals surface area (Å²) in [5.74, 6) is -7.94. The van der Waals surface area contributed by atoms with Gasteiger partial charge in [0.1, 0.15) is 5.75 Å². The highest BCUT2D eigenvalue weighted by atomic mass is 19.4. The van der Waals surface area contributed by atoms with Gasteiger partial charge in [0.05, 0.1) is 11.0 Å². The summed E-state index contributed by atoms with van der Waals surface area (Å²) in [6, 6.07) is 3.00. The normalized spacial score (nSPS) is 13.8. The third kappa shape index (κ3) is 5.64. The predicted molar refractivity (Wildman–Crippen MR) is 86.3 cm³/mol. The highest BCUT2D eigenvalue weighted by Crippen LogP contribution is 2.33. The standard InChI is InChI=1S/C18H21F5O4/c1-5-13(27-14(24)16(3,4)6-2)17(19,20)15(25)26-12-9-7-8-11(10-12)18(21,22)23/h7-10,13H,5-6H2,1-4H3. The van der Waals surface area contributed by atoms with Gasteiger partial charge in [0.2, 0.25) is 0 Å². The molecule has 0 amide bonds. The highest BCUT2D eigenvalue weighted by Gasteiger charge is 2.51. The fourth-order valence-corrected chi connectivity index (χ4v) is 1.89. The molecule has 0 saturated carbocycles. The summed E-state index contributed by atoms with van der Waals surface area (Å²) in [7, 11) is 0. The maximum Gasteiger partial charge on any atom is 0.416 e. The molecule has 0 heterocycles. The van der Waals surface area contributed by atoms with Gasteiger partial charge in [-0.25, -0.2) is 4.79 Å². The lowest BCUT2D eigenvalue weighted by molar-refractivity contribution is -0.196. The number of ether oxygens (including phenoxy) is 2. The van der Waals surface area contributed by atoms with E-state index in [4.69, 9.17) is 4.74 Å². The number of carbonyl (C=O) groups excluding carboxylic acids is 2. The Balaban J connectivity index is 2.98. The van der Waals surface area contributed by atoms with Crippen LogP contribution >= 0.6 is 0 Å². The van der Waals surface area contributed by atoms with Gasteiger partial charge in [-0.2, -0.15) is 22.0 Å². The van der Waals surface area contributed by atoms with Crippen molar-refractivity contribution in [3.05, 3.63) is 29.8 Å². The summed E-state index contributed by atoms with van der Waals surface area (Å²) >= 11 is 0. The van der Waals surface area contributed by atoms with E-state index in [0.717, 1.165) is 12.1 Å². The van der Waals surface area contributed by atoms with Gasteiger partial charge in [0.15, 0.2) is 6.10 Å². The Labute approximate surface area is 153 Å². The maximum absolute atomic E-state index is 14.4. The summed E-state index contributed by atoms with van der Waals surface area (Å²) < 4.78 is 76.0. The van der Waals surface area contributed by atoms with Crippen molar-refractivity contribution in [3.63, 3.8) is 0 Å². The molecule has 0 N–H and O–H groups in total. The van der Waals surface area contributed by atoms with E-state index in [1.54, 1.807) is 6.92 Å². The molecule has 0 aliphatic carbocycles. The van der Waals surface area contributed by atoms with E-state index in [9.17, 15) is 31.5 Å². The van der Waals surface area contributed by atoms with Crippen molar-refractivity contribution in [2.75, 3.05) is 0 Å². The lowest BCUT2D eigenvalue weighted by Crippen LogP contribution is -2.47. The number of esters is 2. The van der Waals surface area contributed by atoms with Crippen LogP contribution in [0.2, 0.25) is 0 Å². The first-order chi connectivity index (χ1) is 12.3. The quantitative estimate of drug-likeness (QED) is 0.370. The molecule has 0 aliphatic heterocycles. The van der Waals surface area contributed by atoms with Crippen LogP contribution in [-0.4, -0.2) is 24.0 Å². The van der Waals surface area contributed by atoms with Crippen molar-refractivity contribution >= 4 is 11.9 Å². The molecule has 0 bridgehead atoms. The summed E-state index contributed by atoms with van der Waals surface area (Å²) in [6.07, 6.45) is -6.90. The van der Waals surface area contributed by atoms with Gasteiger partial charge in [-0.3, -0.25) is 4.79 Å². The van der Waals surface area contributed by atoms with Crippen LogP contribution in [0.4, 0.5) is 22.0 Å². The highest BCUT2D eigenvalue weighted by molar-refractivity contribution is 5.82. The summed E-state index contributed by atoms with van der Waals surface area (Å²) in [5.41, 5.74) is -2.19. The number of carbonyl (C=O) groups is 2. The number of hydrogen-bond donors (Lipinski definition) is 0. The predicted octanol–water partition coefficient (Wildman–Crippen LogP) is 5.00. The number of hydrogen-bond acceptors (Lipinski definition) is 4. The van der Waals surface area contributed by atoms with E-state index >= 15 is 0 Å². The van der Waals surface area contributed by atoms with Crippen molar-refractivity contribution in [2.24, 2.45) is 5.41 Å². The molecule has 0 aliphatic rings. The third-order valence-corrected chi connectivity index (χ3v) is 4.11. The zero-order valence-electron chi connectivity index (χ0n) is 15.3. The molecule has 0 radical (unpaired) electrons. The van der Waals surface area contributed by atoms with Crippen LogP contribution in [0.25, 0.3) is 0 Å². The average Bonchev–Trinajstić information content (AvgIpc) is 2.58. The van der Waals surface area contributed by atoms with Crippen molar-refractivity contribution < 1.29 is 41.0 Å². The topological polar surface area (TPSA) is 52.6 Å². The molecule has 1 atom stereocenters. The second-order valence-corrected chi connectivity index (χ2v) is 6.58. The molecular weight excluding hydrogens is 375 g/mol. The van der Waals surface area contributed by atoms with Gasteiger partial charge in [-0.1, -0.05) is 19.9 Å². The Morgan fingerprint density at radius 1 is 1.04 bits per heavy atom. The third-order valence-electron chi connectivity index (χ3n) is 4.11. The van der Waals surface area contributed by atoms with Crippen LogP contribution in [0, 0.1) is 5.41 Å². The molecule has 0 saturated heterocycles. The van der Waals surface area contributed by atoms with E-state index < -0.39 is 53.3 Å². The molecule has 9 heteroatoms. The second kappa shape index (κ2) is 8.22. The first kappa shape index (κ1) is 22.9. The van der Waals surface area contributed by atoms with Gasteiger partial charge >= 0.3 is 24.0 Å². The molecule has 4 nitrogen and oxygen atoms in total. The first-order valence-corrected chi connectivity index (χ1v) is 8.24. The van der Waals surface area contributed by atoms with E-state index in [-0.39, 0.29) is 0 Å². The second-order valence-electron chi connectivity index (χ2n) is 6.58. The van der Waals surface area contributed by atoms with Gasteiger partial charge in [-0.05, 0) is 44.9 Å². The van der Waals surface area contributed by atoms with Crippen molar-refractivity contribution in [1.29, 1.82) is 0 Å². The number of alkyl halides is 5. The lowest BCUT2D eigenvalue weighted by Gasteiger charge is -2.28. The minimum absolute atomic E-state index is 0.322. The minimum atomic E-state index is -4.72. The molecule has 27 heavy (non-hydrogen) atoms. The maximum atomic E-state index is 14.4. The molecule has 0 aromatic heterocycles. The molecule has 0 spiro atoms. The van der Waals surface area contributed by atoms with E-state index in [1.165, 1.54) is 20.8 Å². The number of halogens is 5. The van der Waals surface area contributed by atoms with Gasteiger partial charge < -0.3 is 9.47 Å². The zero-order chi connectivity index (χ0) is 21.0. The van der Waals surface area contributed by atoms with Gasteiger partial charge in [0.25, 0.3) is 0 Å². The smallest absolute Gasteiger partial charge is 0.416 e. The largest absolute Gasteiger partial charge is 0.455 e. The van der Waals surface area contributed by atoms with E-state index in [0.29, 0.717) is 18.6 Å². The van der Waals surface area contributed by atoms with Crippen LogP contribution in [0.1, 0.15) is 46.1 Å². The molecule has 1 unspecified atom stereocenters. The van der Waals surface area contributed by atoms with Crippen LogP contribution in [-0.2, 0) is 20.5 Å². The van der Waals surface area contributed by atoms with E-state index in [1.807, 2.05) is 0 Å². The van der Waals surface area contributed by atoms with Gasteiger partial charge in [0, 0.05) is 0 Å².